The van der Waals surface area contributed by atoms with E-state index in [4.69, 9.17) is 20.9 Å². The number of likely N-dealkylation sites (N-methyl/N-ethyl adjacent to an activating group) is 1. The lowest BCUT2D eigenvalue weighted by Gasteiger charge is -2.30. The predicted molar refractivity (Wildman–Crippen MR) is 218 cm³/mol. The molecule has 0 saturated heterocycles. The molecular weight excluding hydrogens is 729 g/mol. The first-order valence-electron chi connectivity index (χ1n) is 19.8. The normalized spacial score (nSPS) is 16.8. The average molecular weight is 787 g/mol. The molecule has 0 fully saturated rings. The summed E-state index contributed by atoms with van der Waals surface area (Å²) in [4.78, 5) is 68.1. The van der Waals surface area contributed by atoms with Crippen molar-refractivity contribution in [1.29, 1.82) is 0 Å². The molecule has 0 unspecified atom stereocenters. The van der Waals surface area contributed by atoms with Crippen LogP contribution in [-0.2, 0) is 32.0 Å². The molecule has 308 valence electrons. The molecule has 4 rings (SSSR count). The van der Waals surface area contributed by atoms with E-state index in [1.807, 2.05) is 19.1 Å². The lowest BCUT2D eigenvalue weighted by Crippen LogP contribution is -2.53. The molecule has 1 aliphatic heterocycles. The van der Waals surface area contributed by atoms with Gasteiger partial charge in [-0.3, -0.25) is 19.2 Å². The minimum absolute atomic E-state index is 0.0704. The Kier molecular flexibility index (Phi) is 16.9. The molecule has 14 heteroatoms. The Morgan fingerprint density at radius 1 is 0.860 bits per heavy atom. The maximum Gasteiger partial charge on any atom is 0.326 e. The van der Waals surface area contributed by atoms with E-state index in [2.05, 4.69) is 22.9 Å². The number of ether oxygens (including phenoxy) is 2. The number of carbonyl (C=O) groups is 5. The van der Waals surface area contributed by atoms with Gasteiger partial charge >= 0.3 is 5.97 Å². The molecule has 8 N–H and O–H groups in total. The molecule has 0 saturated carbocycles. The van der Waals surface area contributed by atoms with Gasteiger partial charge in [-0.2, -0.15) is 0 Å². The van der Waals surface area contributed by atoms with Gasteiger partial charge in [0.2, 0.25) is 17.7 Å². The fourth-order valence-electron chi connectivity index (χ4n) is 6.84. The van der Waals surface area contributed by atoms with Crippen LogP contribution in [0.2, 0.25) is 0 Å². The Morgan fingerprint density at radius 3 is 2.16 bits per heavy atom. The molecule has 0 aliphatic carbocycles. The SMILES string of the molecule is CCCCCCCCc1ccc(C(=O)NCC(=O)N(C)[C@@H]2C(=O)N[C@@H](C)C(=O)N[C@H](C(=O)O)Cc3ccc(OCCN)c(c3)-c3cc2ccc3OCCN)c(C)c1. The highest BCUT2D eigenvalue weighted by Crippen LogP contribution is 2.40. The lowest BCUT2D eigenvalue weighted by atomic mass is 9.93. The molecule has 14 nitrogen and oxygen atoms in total. The second-order valence-corrected chi connectivity index (χ2v) is 14.5. The number of carbonyl (C=O) groups excluding carboxylic acids is 4. The van der Waals surface area contributed by atoms with Crippen LogP contribution in [0.1, 0.15) is 91.0 Å². The first-order chi connectivity index (χ1) is 27.4. The summed E-state index contributed by atoms with van der Waals surface area (Å²) in [6, 6.07) is 12.0. The van der Waals surface area contributed by atoms with Crippen LogP contribution in [0.5, 0.6) is 11.5 Å². The molecule has 3 aromatic rings. The second kappa shape index (κ2) is 21.7. The largest absolute Gasteiger partial charge is 0.492 e. The van der Waals surface area contributed by atoms with E-state index in [0.29, 0.717) is 39.3 Å². The number of carboxylic acids is 1. The van der Waals surface area contributed by atoms with E-state index in [1.54, 1.807) is 42.5 Å². The van der Waals surface area contributed by atoms with Crippen LogP contribution in [-0.4, -0.2) is 91.6 Å². The van der Waals surface area contributed by atoms with Crippen molar-refractivity contribution in [3.05, 3.63) is 82.4 Å². The number of unbranched alkanes of at least 4 members (excludes halogenated alkanes) is 5. The van der Waals surface area contributed by atoms with Gasteiger partial charge in [-0.25, -0.2) is 4.79 Å². The maximum atomic E-state index is 14.2. The number of nitrogens with zero attached hydrogens (tertiary/aromatic N) is 1. The topological polar surface area (TPSA) is 215 Å². The summed E-state index contributed by atoms with van der Waals surface area (Å²) >= 11 is 0. The van der Waals surface area contributed by atoms with Crippen LogP contribution < -0.4 is 36.9 Å². The van der Waals surface area contributed by atoms with Crippen molar-refractivity contribution in [3.8, 4) is 22.6 Å². The number of nitrogens with two attached hydrogens (primary N) is 2. The fourth-order valence-corrected chi connectivity index (χ4v) is 6.84. The van der Waals surface area contributed by atoms with Gasteiger partial charge in [-0.15, -0.1) is 0 Å². The number of aliphatic carboxylic acids is 1. The summed E-state index contributed by atoms with van der Waals surface area (Å²) in [6.45, 7) is 5.85. The predicted octanol–water partition coefficient (Wildman–Crippen LogP) is 3.80. The third-order valence-electron chi connectivity index (χ3n) is 9.99. The molecule has 3 aromatic carbocycles. The summed E-state index contributed by atoms with van der Waals surface area (Å²) in [7, 11) is 1.43. The van der Waals surface area contributed by atoms with Gasteiger partial charge in [0.1, 0.15) is 42.8 Å². The van der Waals surface area contributed by atoms with E-state index in [0.717, 1.165) is 30.4 Å². The highest BCUT2D eigenvalue weighted by molar-refractivity contribution is 5.99. The third-order valence-corrected chi connectivity index (χ3v) is 9.99. The number of benzene rings is 3. The molecule has 0 aromatic heterocycles. The van der Waals surface area contributed by atoms with Gasteiger partial charge < -0.3 is 46.9 Å². The fraction of sp³-hybridized carbons (Fsp3) is 0.465. The van der Waals surface area contributed by atoms with Crippen molar-refractivity contribution in [2.75, 3.05) is 39.9 Å². The number of carboxylic acid groups (broad SMARTS) is 1. The number of hydrogen-bond donors (Lipinski definition) is 6. The third kappa shape index (κ3) is 12.3. The summed E-state index contributed by atoms with van der Waals surface area (Å²) < 4.78 is 12.0. The summed E-state index contributed by atoms with van der Waals surface area (Å²) in [5.41, 5.74) is 15.9. The summed E-state index contributed by atoms with van der Waals surface area (Å²) in [6.07, 6.45) is 8.03. The van der Waals surface area contributed by atoms with Crippen molar-refractivity contribution in [3.63, 3.8) is 0 Å². The number of fused-ring (bicyclic) bond motifs is 5. The first-order valence-corrected chi connectivity index (χ1v) is 19.8. The van der Waals surface area contributed by atoms with E-state index < -0.39 is 54.3 Å². The van der Waals surface area contributed by atoms with E-state index in [-0.39, 0.29) is 32.7 Å². The van der Waals surface area contributed by atoms with Gasteiger partial charge in [0.05, 0.1) is 6.54 Å². The summed E-state index contributed by atoms with van der Waals surface area (Å²) in [5, 5.41) is 17.9. The zero-order valence-electron chi connectivity index (χ0n) is 33.5. The molecule has 0 spiro atoms. The zero-order chi connectivity index (χ0) is 41.5. The lowest BCUT2D eigenvalue weighted by molar-refractivity contribution is -0.142. The van der Waals surface area contributed by atoms with Gasteiger partial charge in [-0.05, 0) is 79.3 Å². The van der Waals surface area contributed by atoms with E-state index in [1.165, 1.54) is 44.6 Å². The van der Waals surface area contributed by atoms with Crippen LogP contribution >= 0.6 is 0 Å². The van der Waals surface area contributed by atoms with Crippen LogP contribution in [0.25, 0.3) is 11.1 Å². The van der Waals surface area contributed by atoms with Crippen LogP contribution in [0.3, 0.4) is 0 Å². The van der Waals surface area contributed by atoms with Crippen molar-refractivity contribution >= 4 is 29.6 Å². The molecule has 0 radical (unpaired) electrons. The standard InChI is InChI=1S/C43H58N6O8/c1-5-6-7-8-9-10-11-29-12-15-32(27(2)22-29)41(52)46-26-38(50)49(4)39-31-14-17-37(57-21-19-45)34(25-31)33-23-30(13-16-36(33)56-20-18-44)24-35(43(54)55)48-40(51)28(3)47-42(39)53/h12-17,22-23,25,28,35,39H,5-11,18-21,24,26,44-45H2,1-4H3,(H,46,52)(H,47,53)(H,48,51)(H,54,55)/t28-,35-,39-/m0/s1. The van der Waals surface area contributed by atoms with Crippen molar-refractivity contribution in [1.82, 2.24) is 20.9 Å². The Hall–Kier alpha value is -5.47. The number of amides is 4. The number of rotatable bonds is 18. The molecule has 1 heterocycles. The minimum atomic E-state index is -1.33. The Morgan fingerprint density at radius 2 is 1.51 bits per heavy atom. The van der Waals surface area contributed by atoms with E-state index >= 15 is 0 Å². The molecule has 3 atom stereocenters. The number of hydrogen-bond acceptors (Lipinski definition) is 9. The van der Waals surface area contributed by atoms with Crippen molar-refractivity contribution in [2.45, 2.75) is 90.3 Å². The first kappa shape index (κ1) is 44.2. The molecule has 57 heavy (non-hydrogen) atoms. The maximum absolute atomic E-state index is 14.2. The highest BCUT2D eigenvalue weighted by Gasteiger charge is 2.33. The zero-order valence-corrected chi connectivity index (χ0v) is 33.5. The Labute approximate surface area is 335 Å². The van der Waals surface area contributed by atoms with Gasteiger partial charge in [-0.1, -0.05) is 63.3 Å². The smallest absolute Gasteiger partial charge is 0.326 e. The summed E-state index contributed by atoms with van der Waals surface area (Å²) in [5.74, 6) is -2.90. The Bertz CT molecular complexity index is 1880. The van der Waals surface area contributed by atoms with Crippen LogP contribution in [0.15, 0.2) is 54.6 Å². The number of aryl methyl sites for hydroxylation is 2. The van der Waals surface area contributed by atoms with Gasteiger partial charge in [0, 0.05) is 43.2 Å². The molecule has 4 amide bonds. The average Bonchev–Trinajstić information content (AvgIpc) is 3.19. The van der Waals surface area contributed by atoms with Gasteiger partial charge in [0.15, 0.2) is 0 Å². The van der Waals surface area contributed by atoms with E-state index in [9.17, 15) is 29.1 Å². The van der Waals surface area contributed by atoms with Crippen LogP contribution in [0.4, 0.5) is 0 Å². The molecule has 4 bridgehead atoms. The second-order valence-electron chi connectivity index (χ2n) is 14.5. The minimum Gasteiger partial charge on any atom is -0.492 e. The Balaban J connectivity index is 1.66. The monoisotopic (exact) mass is 786 g/mol. The molecule has 1 aliphatic rings. The molecular formula is C43H58N6O8. The van der Waals surface area contributed by atoms with Crippen molar-refractivity contribution < 1.29 is 38.6 Å². The highest BCUT2D eigenvalue weighted by atomic mass is 16.5. The van der Waals surface area contributed by atoms with Crippen molar-refractivity contribution in [2.24, 2.45) is 11.5 Å². The van der Waals surface area contributed by atoms with Gasteiger partial charge in [0.25, 0.3) is 5.91 Å². The van der Waals surface area contributed by atoms with Crippen LogP contribution in [0, 0.1) is 6.92 Å². The quantitative estimate of drug-likeness (QED) is 0.103. The number of nitrogens with one attached hydrogen (secondary N) is 3.